The molecule has 0 saturated carbocycles. The van der Waals surface area contributed by atoms with Crippen LogP contribution in [0.5, 0.6) is 0 Å². The second-order valence-electron chi connectivity index (χ2n) is 8.76. The predicted molar refractivity (Wildman–Crippen MR) is 140 cm³/mol. The van der Waals surface area contributed by atoms with Crippen LogP contribution >= 0.6 is 11.5 Å². The molecule has 0 radical (unpaired) electrons. The van der Waals surface area contributed by atoms with Gasteiger partial charge in [-0.15, -0.1) is 5.10 Å². The Bertz CT molecular complexity index is 1300. The lowest BCUT2D eigenvalue weighted by molar-refractivity contribution is 0.0238. The van der Waals surface area contributed by atoms with Gasteiger partial charge in [0.05, 0.1) is 5.56 Å². The zero-order chi connectivity index (χ0) is 26.2. The Morgan fingerprint density at radius 3 is 2.43 bits per heavy atom. The van der Waals surface area contributed by atoms with E-state index < -0.39 is 29.7 Å². The maximum absolute atomic E-state index is 13.7. The summed E-state index contributed by atoms with van der Waals surface area (Å²) in [5, 5.41) is 9.16. The van der Waals surface area contributed by atoms with Crippen LogP contribution in [0.15, 0.2) is 72.1 Å². The summed E-state index contributed by atoms with van der Waals surface area (Å²) in [7, 11) is 0. The van der Waals surface area contributed by atoms with Crippen LogP contribution in [-0.4, -0.2) is 34.2 Å². The van der Waals surface area contributed by atoms with E-state index in [-0.39, 0.29) is 13.0 Å². The number of rotatable bonds is 11. The number of hydrogen-bond acceptors (Lipinski definition) is 7. The zero-order valence-electron chi connectivity index (χ0n) is 20.4. The molecular weight excluding hydrogens is 494 g/mol. The van der Waals surface area contributed by atoms with Crippen molar-refractivity contribution in [3.8, 4) is 11.3 Å². The van der Waals surface area contributed by atoms with Crippen LogP contribution in [0.2, 0.25) is 0 Å². The molecule has 1 aromatic heterocycles. The summed E-state index contributed by atoms with van der Waals surface area (Å²) in [4.78, 5) is 13.0. The van der Waals surface area contributed by atoms with Crippen molar-refractivity contribution < 1.29 is 18.3 Å². The molecule has 0 fully saturated rings. The maximum atomic E-state index is 13.7. The van der Waals surface area contributed by atoms with Gasteiger partial charge in [0.25, 0.3) is 0 Å². The zero-order valence-corrected chi connectivity index (χ0v) is 21.2. The van der Waals surface area contributed by atoms with E-state index in [2.05, 4.69) is 34.0 Å². The first-order valence-electron chi connectivity index (χ1n) is 12.0. The van der Waals surface area contributed by atoms with E-state index in [9.17, 15) is 13.6 Å². The van der Waals surface area contributed by atoms with Crippen LogP contribution < -0.4 is 11.1 Å². The lowest BCUT2D eigenvalue weighted by atomic mass is 10.0. The lowest BCUT2D eigenvalue weighted by Gasteiger charge is -2.25. The molecule has 3 N–H and O–H groups in total. The largest absolute Gasteiger partial charge is 0.456 e. The number of nitrogens with two attached hydrogens (primary N) is 1. The number of halogens is 2. The summed E-state index contributed by atoms with van der Waals surface area (Å²) in [6, 6.07) is 17.6. The van der Waals surface area contributed by atoms with E-state index in [1.54, 1.807) is 24.3 Å². The van der Waals surface area contributed by atoms with Gasteiger partial charge >= 0.3 is 5.97 Å². The van der Waals surface area contributed by atoms with Gasteiger partial charge in [-0.25, -0.2) is 13.6 Å². The Balaban J connectivity index is 1.46. The first-order valence-corrected chi connectivity index (χ1v) is 12.8. The highest BCUT2D eigenvalue weighted by molar-refractivity contribution is 7.03. The Labute approximate surface area is 218 Å². The van der Waals surface area contributed by atoms with Crippen molar-refractivity contribution in [2.24, 2.45) is 5.73 Å². The average Bonchev–Trinajstić information content (AvgIpc) is 3.43. The molecule has 37 heavy (non-hydrogen) atoms. The van der Waals surface area contributed by atoms with Crippen molar-refractivity contribution in [2.45, 2.75) is 38.5 Å². The summed E-state index contributed by atoms with van der Waals surface area (Å²) in [5.41, 5.74) is 11.0. The van der Waals surface area contributed by atoms with E-state index in [4.69, 9.17) is 10.5 Å². The van der Waals surface area contributed by atoms with Gasteiger partial charge in [-0.05, 0) is 65.3 Å². The molecule has 0 spiro atoms. The molecule has 192 valence electrons. The molecule has 0 aliphatic heterocycles. The number of benzene rings is 3. The Morgan fingerprint density at radius 1 is 1.03 bits per heavy atom. The number of aryl methyl sites for hydroxylation is 1. The normalized spacial score (nSPS) is 12.8. The highest BCUT2D eigenvalue weighted by Gasteiger charge is 2.24. The fraction of sp³-hybridized carbons (Fsp3) is 0.250. The van der Waals surface area contributed by atoms with Crippen LogP contribution in [0.25, 0.3) is 11.3 Å². The van der Waals surface area contributed by atoms with Gasteiger partial charge < -0.3 is 15.8 Å². The molecule has 0 saturated heterocycles. The Hall–Kier alpha value is -3.53. The minimum atomic E-state index is -0.740. The number of nitrogens with zero attached hydrogens (tertiary/aromatic N) is 2. The molecule has 4 rings (SSSR count). The molecule has 0 bridgehead atoms. The Kier molecular flexibility index (Phi) is 9.05. The molecule has 9 heteroatoms. The maximum Gasteiger partial charge on any atom is 0.338 e. The summed E-state index contributed by atoms with van der Waals surface area (Å²) in [6.45, 7) is 2.92. The standard InChI is InChI=1S/C28H28F2N4O2S/c1-2-18-4-3-5-19(10-18)15-32-16-27(25(31)13-20-11-23(29)14-24(30)12-20)36-28(35)22-8-6-21(7-9-22)26-17-37-34-33-26/h3-12,14,17,25,27,32H,2,13,15-16,31H2,1H3. The van der Waals surface area contributed by atoms with Crippen molar-refractivity contribution in [3.63, 3.8) is 0 Å². The first kappa shape index (κ1) is 26.5. The number of carbonyl (C=O) groups excluding carboxylic acids is 1. The summed E-state index contributed by atoms with van der Waals surface area (Å²) in [5.74, 6) is -1.90. The third-order valence-electron chi connectivity index (χ3n) is 5.98. The minimum absolute atomic E-state index is 0.134. The van der Waals surface area contributed by atoms with Crippen molar-refractivity contribution >= 4 is 17.5 Å². The monoisotopic (exact) mass is 522 g/mol. The molecule has 0 amide bonds. The van der Waals surface area contributed by atoms with Crippen molar-refractivity contribution in [1.82, 2.24) is 14.9 Å². The lowest BCUT2D eigenvalue weighted by Crippen LogP contribution is -2.46. The summed E-state index contributed by atoms with van der Waals surface area (Å²) < 4.78 is 37.1. The second kappa shape index (κ2) is 12.6. The third kappa shape index (κ3) is 7.48. The van der Waals surface area contributed by atoms with Crippen LogP contribution in [0.1, 0.15) is 34.0 Å². The van der Waals surface area contributed by atoms with Gasteiger partial charge in [-0.2, -0.15) is 0 Å². The number of ether oxygens (including phenoxy) is 1. The third-order valence-corrected chi connectivity index (χ3v) is 6.48. The molecule has 1 heterocycles. The number of aromatic nitrogens is 2. The van der Waals surface area contributed by atoms with E-state index in [1.807, 2.05) is 17.5 Å². The van der Waals surface area contributed by atoms with E-state index in [0.29, 0.717) is 17.7 Å². The predicted octanol–water partition coefficient (Wildman–Crippen LogP) is 4.93. The molecule has 2 atom stereocenters. The molecule has 0 aliphatic rings. The van der Waals surface area contributed by atoms with Gasteiger partial charge in [0.15, 0.2) is 0 Å². The quantitative estimate of drug-likeness (QED) is 0.272. The molecule has 0 aliphatic carbocycles. The van der Waals surface area contributed by atoms with E-state index >= 15 is 0 Å². The van der Waals surface area contributed by atoms with Gasteiger partial charge in [0.2, 0.25) is 0 Å². The van der Waals surface area contributed by atoms with E-state index in [1.165, 1.54) is 29.2 Å². The van der Waals surface area contributed by atoms with Gasteiger partial charge in [0.1, 0.15) is 23.4 Å². The fourth-order valence-electron chi connectivity index (χ4n) is 4.00. The van der Waals surface area contributed by atoms with Crippen LogP contribution in [0.3, 0.4) is 0 Å². The van der Waals surface area contributed by atoms with Gasteiger partial charge in [-0.3, -0.25) is 0 Å². The van der Waals surface area contributed by atoms with Crippen molar-refractivity contribution in [1.29, 1.82) is 0 Å². The Morgan fingerprint density at radius 2 is 1.76 bits per heavy atom. The second-order valence-corrected chi connectivity index (χ2v) is 9.37. The number of carbonyl (C=O) groups is 1. The topological polar surface area (TPSA) is 90.1 Å². The summed E-state index contributed by atoms with van der Waals surface area (Å²) in [6.07, 6.45) is 0.326. The highest BCUT2D eigenvalue weighted by Crippen LogP contribution is 2.19. The van der Waals surface area contributed by atoms with E-state index in [0.717, 1.165) is 29.3 Å². The minimum Gasteiger partial charge on any atom is -0.456 e. The van der Waals surface area contributed by atoms with Crippen molar-refractivity contribution in [2.75, 3.05) is 6.54 Å². The van der Waals surface area contributed by atoms with Crippen molar-refractivity contribution in [3.05, 3.63) is 106 Å². The average molecular weight is 523 g/mol. The van der Waals surface area contributed by atoms with Crippen LogP contribution in [0.4, 0.5) is 8.78 Å². The van der Waals surface area contributed by atoms with Crippen LogP contribution in [0, 0.1) is 11.6 Å². The molecule has 4 aromatic rings. The van der Waals surface area contributed by atoms with Crippen LogP contribution in [-0.2, 0) is 24.1 Å². The summed E-state index contributed by atoms with van der Waals surface area (Å²) >= 11 is 1.25. The van der Waals surface area contributed by atoms with Gasteiger partial charge in [0, 0.05) is 36.1 Å². The smallest absolute Gasteiger partial charge is 0.338 e. The molecular formula is C28H28F2N4O2S. The van der Waals surface area contributed by atoms with Gasteiger partial charge in [-0.1, -0.05) is 47.8 Å². The molecule has 6 nitrogen and oxygen atoms in total. The fourth-order valence-corrected chi connectivity index (χ4v) is 4.47. The number of esters is 1. The SMILES string of the molecule is CCc1cccc(CNCC(OC(=O)c2ccc(-c3csnn3)cc2)C(N)Cc2cc(F)cc(F)c2)c1. The highest BCUT2D eigenvalue weighted by atomic mass is 32.1. The first-order chi connectivity index (χ1) is 17.9. The number of nitrogens with one attached hydrogen (secondary N) is 1. The molecule has 3 aromatic carbocycles. The molecule has 2 unspecified atom stereocenters. The number of hydrogen-bond donors (Lipinski definition) is 2.